The smallest absolute Gasteiger partial charge is 0.257 e. The summed E-state index contributed by atoms with van der Waals surface area (Å²) in [5.74, 6) is 0.711. The summed E-state index contributed by atoms with van der Waals surface area (Å²) in [7, 11) is 0. The fraction of sp³-hybridized carbons (Fsp3) is 0.538. The van der Waals surface area contributed by atoms with Crippen LogP contribution in [0, 0.1) is 6.92 Å². The summed E-state index contributed by atoms with van der Waals surface area (Å²) in [5.41, 5.74) is 0.617. The molecule has 0 bridgehead atoms. The molecule has 5 heteroatoms. The Morgan fingerprint density at radius 3 is 2.44 bits per heavy atom. The van der Waals surface area contributed by atoms with Crippen molar-refractivity contribution in [2.45, 2.75) is 20.3 Å². The number of rotatable bonds is 1. The lowest BCUT2D eigenvalue weighted by Crippen LogP contribution is -2.36. The minimum atomic E-state index is -0.00773. The third-order valence-electron chi connectivity index (χ3n) is 3.32. The van der Waals surface area contributed by atoms with Gasteiger partial charge in [-0.15, -0.1) is 0 Å². The van der Waals surface area contributed by atoms with Crippen molar-refractivity contribution < 1.29 is 14.0 Å². The quantitative estimate of drug-likeness (QED) is 0.754. The average molecular weight is 250 g/mol. The van der Waals surface area contributed by atoms with Crippen molar-refractivity contribution in [2.75, 3.05) is 26.2 Å². The minimum absolute atomic E-state index is 0.00773. The van der Waals surface area contributed by atoms with Crippen LogP contribution < -0.4 is 0 Å². The predicted octanol–water partition coefficient (Wildman–Crippen LogP) is 1.28. The molecule has 1 aliphatic heterocycles. The Morgan fingerprint density at radius 1 is 1.17 bits per heavy atom. The van der Waals surface area contributed by atoms with Gasteiger partial charge in [-0.2, -0.15) is 0 Å². The molecule has 1 aromatic rings. The summed E-state index contributed by atoms with van der Waals surface area (Å²) in [5, 5.41) is 0. The maximum absolute atomic E-state index is 12.3. The Kier molecular flexibility index (Phi) is 3.69. The number of nitrogens with zero attached hydrogens (tertiary/aromatic N) is 2. The first kappa shape index (κ1) is 12.7. The number of hydrogen-bond donors (Lipinski definition) is 0. The van der Waals surface area contributed by atoms with Crippen molar-refractivity contribution in [1.82, 2.24) is 9.80 Å². The maximum atomic E-state index is 12.3. The molecule has 0 spiro atoms. The van der Waals surface area contributed by atoms with Crippen LogP contribution in [0.3, 0.4) is 0 Å². The van der Waals surface area contributed by atoms with Crippen molar-refractivity contribution in [3.63, 3.8) is 0 Å². The summed E-state index contributed by atoms with van der Waals surface area (Å²) < 4.78 is 5.16. The molecule has 1 aliphatic rings. The molecule has 2 heterocycles. The van der Waals surface area contributed by atoms with Crippen LogP contribution in [-0.4, -0.2) is 47.8 Å². The molecule has 98 valence electrons. The van der Waals surface area contributed by atoms with Crippen molar-refractivity contribution in [1.29, 1.82) is 0 Å². The first-order chi connectivity index (χ1) is 8.59. The van der Waals surface area contributed by atoms with Gasteiger partial charge in [-0.1, -0.05) is 0 Å². The fourth-order valence-electron chi connectivity index (χ4n) is 2.21. The summed E-state index contributed by atoms with van der Waals surface area (Å²) in [6, 6.07) is 1.70. The highest BCUT2D eigenvalue weighted by Gasteiger charge is 2.23. The van der Waals surface area contributed by atoms with E-state index in [1.165, 1.54) is 6.26 Å². The van der Waals surface area contributed by atoms with Crippen molar-refractivity contribution >= 4 is 11.8 Å². The first-order valence-corrected chi connectivity index (χ1v) is 6.18. The van der Waals surface area contributed by atoms with Crippen molar-refractivity contribution in [3.8, 4) is 0 Å². The molecule has 2 amide bonds. The molecule has 1 saturated heterocycles. The number of carbonyl (C=O) groups excluding carboxylic acids is 2. The normalized spacial score (nSPS) is 16.6. The SMILES string of the molecule is CC(=O)N1CCCN(C(=O)c2ccoc2C)CC1. The van der Waals surface area contributed by atoms with Crippen LogP contribution in [0.1, 0.15) is 29.5 Å². The molecular weight excluding hydrogens is 232 g/mol. The van der Waals surface area contributed by atoms with Crippen molar-refractivity contribution in [2.24, 2.45) is 0 Å². The third-order valence-corrected chi connectivity index (χ3v) is 3.32. The monoisotopic (exact) mass is 250 g/mol. The van der Waals surface area contributed by atoms with E-state index in [0.29, 0.717) is 31.0 Å². The van der Waals surface area contributed by atoms with Crippen LogP contribution in [0.15, 0.2) is 16.7 Å². The summed E-state index contributed by atoms with van der Waals surface area (Å²) in [4.78, 5) is 27.2. The molecule has 0 unspecified atom stereocenters. The Bertz CT molecular complexity index is 453. The van der Waals surface area contributed by atoms with E-state index in [-0.39, 0.29) is 11.8 Å². The zero-order chi connectivity index (χ0) is 13.1. The molecule has 0 radical (unpaired) electrons. The summed E-state index contributed by atoms with van der Waals surface area (Å²) >= 11 is 0. The largest absolute Gasteiger partial charge is 0.469 e. The van der Waals surface area contributed by atoms with E-state index in [9.17, 15) is 9.59 Å². The fourth-order valence-corrected chi connectivity index (χ4v) is 2.21. The van der Waals surface area contributed by atoms with Crippen LogP contribution in [0.5, 0.6) is 0 Å². The van der Waals surface area contributed by atoms with Gasteiger partial charge in [0.05, 0.1) is 11.8 Å². The zero-order valence-electron chi connectivity index (χ0n) is 10.8. The van der Waals surface area contributed by atoms with Crippen LogP contribution in [0.2, 0.25) is 0 Å². The van der Waals surface area contributed by atoms with Crippen molar-refractivity contribution in [3.05, 3.63) is 23.7 Å². The van der Waals surface area contributed by atoms with Crippen LogP contribution in [0.25, 0.3) is 0 Å². The molecule has 0 aromatic carbocycles. The van der Waals surface area contributed by atoms with Gasteiger partial charge in [0.25, 0.3) is 5.91 Å². The molecule has 1 aromatic heterocycles. The second kappa shape index (κ2) is 5.25. The van der Waals surface area contributed by atoms with Gasteiger partial charge in [0, 0.05) is 33.1 Å². The van der Waals surface area contributed by atoms with E-state index in [1.54, 1.807) is 29.7 Å². The number of aryl methyl sites for hydroxylation is 1. The highest BCUT2D eigenvalue weighted by molar-refractivity contribution is 5.95. The van der Waals surface area contributed by atoms with E-state index in [1.807, 2.05) is 0 Å². The highest BCUT2D eigenvalue weighted by atomic mass is 16.3. The molecule has 5 nitrogen and oxygen atoms in total. The predicted molar refractivity (Wildman–Crippen MR) is 66.2 cm³/mol. The van der Waals surface area contributed by atoms with E-state index < -0.39 is 0 Å². The van der Waals surface area contributed by atoms with E-state index in [4.69, 9.17) is 4.42 Å². The van der Waals surface area contributed by atoms with Gasteiger partial charge in [-0.3, -0.25) is 9.59 Å². The Balaban J connectivity index is 2.04. The van der Waals surface area contributed by atoms with E-state index in [2.05, 4.69) is 0 Å². The van der Waals surface area contributed by atoms with Crippen LogP contribution in [0.4, 0.5) is 0 Å². The molecule has 0 saturated carbocycles. The second-order valence-corrected chi connectivity index (χ2v) is 4.54. The molecule has 1 fully saturated rings. The van der Waals surface area contributed by atoms with Crippen LogP contribution in [-0.2, 0) is 4.79 Å². The molecule has 0 atom stereocenters. The number of hydrogen-bond acceptors (Lipinski definition) is 3. The van der Waals surface area contributed by atoms with Crippen LogP contribution >= 0.6 is 0 Å². The van der Waals surface area contributed by atoms with Gasteiger partial charge >= 0.3 is 0 Å². The van der Waals surface area contributed by atoms with Gasteiger partial charge in [-0.25, -0.2) is 0 Å². The van der Waals surface area contributed by atoms with Gasteiger partial charge < -0.3 is 14.2 Å². The Morgan fingerprint density at radius 2 is 1.83 bits per heavy atom. The Hall–Kier alpha value is -1.78. The standard InChI is InChI=1S/C13H18N2O3/c1-10-12(4-9-18-10)13(17)15-6-3-5-14(7-8-15)11(2)16/h4,9H,3,5-8H2,1-2H3. The lowest BCUT2D eigenvalue weighted by molar-refractivity contribution is -0.128. The molecule has 0 aliphatic carbocycles. The van der Waals surface area contributed by atoms with Gasteiger partial charge in [0.15, 0.2) is 0 Å². The van der Waals surface area contributed by atoms with Gasteiger partial charge in [0.2, 0.25) is 5.91 Å². The topological polar surface area (TPSA) is 53.8 Å². The lowest BCUT2D eigenvalue weighted by Gasteiger charge is -2.21. The molecular formula is C13H18N2O3. The minimum Gasteiger partial charge on any atom is -0.469 e. The van der Waals surface area contributed by atoms with E-state index in [0.717, 1.165) is 13.0 Å². The number of amides is 2. The summed E-state index contributed by atoms with van der Waals surface area (Å²) in [6.45, 7) is 5.96. The zero-order valence-corrected chi connectivity index (χ0v) is 10.8. The molecule has 0 N–H and O–H groups in total. The Labute approximate surface area is 106 Å². The average Bonchev–Trinajstić information content (AvgIpc) is 2.63. The maximum Gasteiger partial charge on any atom is 0.257 e. The van der Waals surface area contributed by atoms with E-state index >= 15 is 0 Å². The number of furan rings is 1. The highest BCUT2D eigenvalue weighted by Crippen LogP contribution is 2.14. The van der Waals surface area contributed by atoms with Gasteiger partial charge in [-0.05, 0) is 19.4 Å². The third kappa shape index (κ3) is 2.55. The lowest BCUT2D eigenvalue weighted by atomic mass is 10.2. The second-order valence-electron chi connectivity index (χ2n) is 4.54. The summed E-state index contributed by atoms with van der Waals surface area (Å²) in [6.07, 6.45) is 2.35. The number of carbonyl (C=O) groups is 2. The van der Waals surface area contributed by atoms with Gasteiger partial charge in [0.1, 0.15) is 5.76 Å². The molecule has 18 heavy (non-hydrogen) atoms. The first-order valence-electron chi connectivity index (χ1n) is 6.18. The molecule has 2 rings (SSSR count).